The smallest absolute Gasteiger partial charge is 0.231 e. The number of hydrogen-bond acceptors (Lipinski definition) is 7. The Morgan fingerprint density at radius 1 is 1.16 bits per heavy atom. The van der Waals surface area contributed by atoms with Gasteiger partial charge in [-0.2, -0.15) is 4.68 Å². The number of ether oxygens (including phenoxy) is 2. The van der Waals surface area contributed by atoms with Crippen LogP contribution in [0.2, 0.25) is 5.02 Å². The first-order valence-electron chi connectivity index (χ1n) is 7.31. The van der Waals surface area contributed by atoms with Gasteiger partial charge in [-0.3, -0.25) is 4.79 Å². The van der Waals surface area contributed by atoms with Crippen LogP contribution >= 0.6 is 23.4 Å². The lowest BCUT2D eigenvalue weighted by atomic mass is 10.1. The third-order valence-corrected chi connectivity index (χ3v) is 4.71. The fourth-order valence-corrected chi connectivity index (χ4v) is 3.21. The number of nitrogens with zero attached hydrogens (tertiary/aromatic N) is 4. The van der Waals surface area contributed by atoms with E-state index in [4.69, 9.17) is 21.1 Å². The van der Waals surface area contributed by atoms with Crippen molar-refractivity contribution >= 4 is 29.1 Å². The number of thioether (sulfide) groups is 1. The zero-order valence-electron chi connectivity index (χ0n) is 12.8. The molecule has 0 fully saturated rings. The van der Waals surface area contributed by atoms with E-state index in [9.17, 15) is 4.79 Å². The van der Waals surface area contributed by atoms with Gasteiger partial charge in [-0.1, -0.05) is 23.4 Å². The van der Waals surface area contributed by atoms with Crippen molar-refractivity contribution in [2.24, 2.45) is 0 Å². The average molecular weight is 375 g/mol. The highest BCUT2D eigenvalue weighted by atomic mass is 35.5. The Bertz CT molecular complexity index is 929. The SMILES string of the molecule is O=C(CSc1nnnn1-c1ccc(Cl)cc1)c1ccc2c(c1)OCO2. The van der Waals surface area contributed by atoms with Crippen molar-refractivity contribution < 1.29 is 14.3 Å². The Labute approximate surface area is 151 Å². The summed E-state index contributed by atoms with van der Waals surface area (Å²) in [7, 11) is 0. The molecule has 0 bridgehead atoms. The van der Waals surface area contributed by atoms with Crippen LogP contribution in [-0.4, -0.2) is 38.5 Å². The van der Waals surface area contributed by atoms with Gasteiger partial charge in [-0.25, -0.2) is 0 Å². The molecule has 2 aromatic carbocycles. The molecule has 0 radical (unpaired) electrons. The van der Waals surface area contributed by atoms with E-state index in [1.165, 1.54) is 11.8 Å². The molecule has 9 heteroatoms. The molecule has 0 saturated heterocycles. The first-order chi connectivity index (χ1) is 12.2. The maximum Gasteiger partial charge on any atom is 0.231 e. The lowest BCUT2D eigenvalue weighted by molar-refractivity contribution is 0.102. The van der Waals surface area contributed by atoms with Gasteiger partial charge in [-0.05, 0) is 52.9 Å². The predicted octanol–water partition coefficient (Wildman–Crippen LogP) is 3.02. The van der Waals surface area contributed by atoms with E-state index >= 15 is 0 Å². The van der Waals surface area contributed by atoms with Gasteiger partial charge in [0.05, 0.1) is 11.4 Å². The molecule has 0 atom stereocenters. The zero-order valence-corrected chi connectivity index (χ0v) is 14.3. The Morgan fingerprint density at radius 2 is 1.96 bits per heavy atom. The van der Waals surface area contributed by atoms with Crippen LogP contribution in [0.5, 0.6) is 11.5 Å². The second kappa shape index (κ2) is 6.73. The minimum absolute atomic E-state index is 0.0473. The highest BCUT2D eigenvalue weighted by Crippen LogP contribution is 2.33. The van der Waals surface area contributed by atoms with Gasteiger partial charge in [-0.15, -0.1) is 5.10 Å². The zero-order chi connectivity index (χ0) is 17.2. The topological polar surface area (TPSA) is 79.1 Å². The van der Waals surface area contributed by atoms with Crippen LogP contribution in [0.4, 0.5) is 0 Å². The third-order valence-electron chi connectivity index (χ3n) is 3.54. The summed E-state index contributed by atoms with van der Waals surface area (Å²) in [4.78, 5) is 12.4. The molecule has 0 N–H and O–H groups in total. The molecular weight excluding hydrogens is 364 g/mol. The van der Waals surface area contributed by atoms with Crippen molar-refractivity contribution in [2.45, 2.75) is 5.16 Å². The quantitative estimate of drug-likeness (QED) is 0.501. The molecule has 0 amide bonds. The van der Waals surface area contributed by atoms with E-state index in [1.54, 1.807) is 35.0 Å². The Balaban J connectivity index is 1.48. The first-order valence-corrected chi connectivity index (χ1v) is 8.67. The van der Waals surface area contributed by atoms with Crippen LogP contribution in [0.15, 0.2) is 47.6 Å². The number of carbonyl (C=O) groups excluding carboxylic acids is 1. The second-order valence-electron chi connectivity index (χ2n) is 5.13. The van der Waals surface area contributed by atoms with Crippen LogP contribution in [-0.2, 0) is 0 Å². The number of carbonyl (C=O) groups is 1. The largest absolute Gasteiger partial charge is 0.454 e. The Morgan fingerprint density at radius 3 is 2.80 bits per heavy atom. The van der Waals surface area contributed by atoms with Crippen LogP contribution in [0, 0.1) is 0 Å². The predicted molar refractivity (Wildman–Crippen MR) is 91.8 cm³/mol. The Kier molecular flexibility index (Phi) is 4.29. The average Bonchev–Trinajstić information content (AvgIpc) is 3.28. The van der Waals surface area contributed by atoms with Crippen molar-refractivity contribution in [2.75, 3.05) is 12.5 Å². The van der Waals surface area contributed by atoms with Gasteiger partial charge in [0.25, 0.3) is 0 Å². The number of benzene rings is 2. The number of halogens is 1. The van der Waals surface area contributed by atoms with Crippen LogP contribution in [0.25, 0.3) is 5.69 Å². The molecule has 3 aromatic rings. The highest BCUT2D eigenvalue weighted by molar-refractivity contribution is 7.99. The number of hydrogen-bond donors (Lipinski definition) is 0. The fraction of sp³-hybridized carbons (Fsp3) is 0.125. The summed E-state index contributed by atoms with van der Waals surface area (Å²) in [5, 5.41) is 12.8. The van der Waals surface area contributed by atoms with Crippen molar-refractivity contribution in [3.8, 4) is 17.2 Å². The van der Waals surface area contributed by atoms with Crippen molar-refractivity contribution in [3.63, 3.8) is 0 Å². The van der Waals surface area contributed by atoms with Gasteiger partial charge < -0.3 is 9.47 Å². The normalized spacial score (nSPS) is 12.4. The molecule has 0 saturated carbocycles. The minimum atomic E-state index is -0.0473. The summed E-state index contributed by atoms with van der Waals surface area (Å²) in [6, 6.07) is 12.3. The Hall–Kier alpha value is -2.58. The monoisotopic (exact) mass is 374 g/mol. The number of tetrazole rings is 1. The lowest BCUT2D eigenvalue weighted by Crippen LogP contribution is -2.05. The molecule has 4 rings (SSSR count). The van der Waals surface area contributed by atoms with Crippen LogP contribution in [0.1, 0.15) is 10.4 Å². The van der Waals surface area contributed by atoms with E-state index < -0.39 is 0 Å². The lowest BCUT2D eigenvalue weighted by Gasteiger charge is -2.05. The van der Waals surface area contributed by atoms with Gasteiger partial charge in [0.15, 0.2) is 17.3 Å². The molecule has 0 spiro atoms. The summed E-state index contributed by atoms with van der Waals surface area (Å²) in [5.74, 6) is 1.39. The number of rotatable bonds is 5. The van der Waals surface area contributed by atoms with Crippen LogP contribution < -0.4 is 9.47 Å². The molecule has 2 heterocycles. The molecule has 0 unspecified atom stereocenters. The van der Waals surface area contributed by atoms with E-state index in [-0.39, 0.29) is 18.3 Å². The molecule has 1 aliphatic heterocycles. The summed E-state index contributed by atoms with van der Waals surface area (Å²) in [6.45, 7) is 0.178. The van der Waals surface area contributed by atoms with Crippen molar-refractivity contribution in [1.29, 1.82) is 0 Å². The number of Topliss-reactive ketones (excluding diaryl/α,β-unsaturated/α-hetero) is 1. The minimum Gasteiger partial charge on any atom is -0.454 e. The van der Waals surface area contributed by atoms with Crippen molar-refractivity contribution in [1.82, 2.24) is 20.2 Å². The molecule has 126 valence electrons. The molecule has 0 aliphatic carbocycles. The molecular formula is C16H11ClN4O3S. The summed E-state index contributed by atoms with van der Waals surface area (Å²) < 4.78 is 12.1. The van der Waals surface area contributed by atoms with Gasteiger partial charge >= 0.3 is 0 Å². The molecule has 7 nitrogen and oxygen atoms in total. The van der Waals surface area contributed by atoms with E-state index in [2.05, 4.69) is 15.5 Å². The highest BCUT2D eigenvalue weighted by Gasteiger charge is 2.17. The standard InChI is InChI=1S/C16H11ClN4O3S/c17-11-2-4-12(5-3-11)21-16(18-19-20-21)25-8-13(22)10-1-6-14-15(7-10)24-9-23-14/h1-7H,8-9H2. The number of ketones is 1. The van der Waals surface area contributed by atoms with Crippen LogP contribution in [0.3, 0.4) is 0 Å². The third kappa shape index (κ3) is 3.31. The fourth-order valence-electron chi connectivity index (χ4n) is 2.30. The van der Waals surface area contributed by atoms with E-state index in [0.29, 0.717) is 27.2 Å². The first kappa shape index (κ1) is 15.9. The van der Waals surface area contributed by atoms with E-state index in [0.717, 1.165) is 5.69 Å². The van der Waals surface area contributed by atoms with E-state index in [1.807, 2.05) is 12.1 Å². The van der Waals surface area contributed by atoms with Gasteiger partial charge in [0, 0.05) is 10.6 Å². The maximum atomic E-state index is 12.4. The number of fused-ring (bicyclic) bond motifs is 1. The van der Waals surface area contributed by atoms with Gasteiger partial charge in [0.2, 0.25) is 11.9 Å². The van der Waals surface area contributed by atoms with Crippen molar-refractivity contribution in [3.05, 3.63) is 53.1 Å². The molecule has 1 aliphatic rings. The molecule has 1 aromatic heterocycles. The summed E-state index contributed by atoms with van der Waals surface area (Å²) in [6.07, 6.45) is 0. The number of aromatic nitrogens is 4. The summed E-state index contributed by atoms with van der Waals surface area (Å²) in [5.41, 5.74) is 1.33. The van der Waals surface area contributed by atoms with Gasteiger partial charge in [0.1, 0.15) is 0 Å². The summed E-state index contributed by atoms with van der Waals surface area (Å²) >= 11 is 7.15. The second-order valence-corrected chi connectivity index (χ2v) is 6.51. The molecule has 25 heavy (non-hydrogen) atoms. The maximum absolute atomic E-state index is 12.4.